The van der Waals surface area contributed by atoms with Crippen molar-refractivity contribution in [3.8, 4) is 0 Å². The van der Waals surface area contributed by atoms with Gasteiger partial charge in [0.1, 0.15) is 5.54 Å². The zero-order valence-electron chi connectivity index (χ0n) is 11.8. The highest BCUT2D eigenvalue weighted by molar-refractivity contribution is 5.92. The van der Waals surface area contributed by atoms with Crippen molar-refractivity contribution in [3.05, 3.63) is 12.2 Å². The molecule has 2 atom stereocenters. The predicted molar refractivity (Wildman–Crippen MR) is 69.8 cm³/mol. The third-order valence-corrected chi connectivity index (χ3v) is 3.16. The van der Waals surface area contributed by atoms with Crippen molar-refractivity contribution in [2.24, 2.45) is 17.8 Å². The van der Waals surface area contributed by atoms with E-state index in [0.717, 1.165) is 0 Å². The maximum atomic E-state index is 11.8. The second kappa shape index (κ2) is 5.55. The average molecular weight is 253 g/mol. The van der Waals surface area contributed by atoms with Crippen molar-refractivity contribution in [1.29, 1.82) is 0 Å². The Labute approximate surface area is 109 Å². The van der Waals surface area contributed by atoms with Crippen molar-refractivity contribution < 1.29 is 14.3 Å². The smallest absolute Gasteiger partial charge is 0.332 e. The van der Waals surface area contributed by atoms with Crippen molar-refractivity contribution >= 4 is 11.9 Å². The summed E-state index contributed by atoms with van der Waals surface area (Å²) in [6.07, 6.45) is 4.68. The van der Waals surface area contributed by atoms with Crippen LogP contribution in [-0.2, 0) is 14.3 Å². The topological polar surface area (TPSA) is 55.4 Å². The summed E-state index contributed by atoms with van der Waals surface area (Å²) in [5, 5.41) is 2.83. The molecule has 1 aliphatic carbocycles. The summed E-state index contributed by atoms with van der Waals surface area (Å²) in [4.78, 5) is 23.6. The highest BCUT2D eigenvalue weighted by atomic mass is 16.5. The molecule has 1 amide bonds. The van der Waals surface area contributed by atoms with E-state index in [1.54, 1.807) is 0 Å². The Morgan fingerprint density at radius 1 is 1.33 bits per heavy atom. The summed E-state index contributed by atoms with van der Waals surface area (Å²) in [5.41, 5.74) is -0.832. The van der Waals surface area contributed by atoms with Gasteiger partial charge in [-0.05, 0) is 12.3 Å². The van der Waals surface area contributed by atoms with Crippen LogP contribution in [-0.4, -0.2) is 24.5 Å². The summed E-state index contributed by atoms with van der Waals surface area (Å²) < 4.78 is 4.81. The number of methoxy groups -OCH3 is 1. The summed E-state index contributed by atoms with van der Waals surface area (Å²) in [7, 11) is 1.35. The van der Waals surface area contributed by atoms with Crippen LogP contribution in [0.25, 0.3) is 0 Å². The van der Waals surface area contributed by atoms with Gasteiger partial charge in [-0.3, -0.25) is 4.79 Å². The van der Waals surface area contributed by atoms with Crippen LogP contribution in [0.4, 0.5) is 0 Å². The first-order chi connectivity index (χ1) is 8.33. The lowest BCUT2D eigenvalue weighted by Gasteiger charge is -2.17. The van der Waals surface area contributed by atoms with Gasteiger partial charge in [0, 0.05) is 11.8 Å². The first-order valence-electron chi connectivity index (χ1n) is 6.42. The molecule has 1 rings (SSSR count). The number of rotatable bonds is 5. The van der Waals surface area contributed by atoms with Gasteiger partial charge in [-0.2, -0.15) is 0 Å². The number of esters is 1. The van der Waals surface area contributed by atoms with Gasteiger partial charge in [-0.15, -0.1) is 0 Å². The number of carbonyl (C=O) groups is 2. The van der Waals surface area contributed by atoms with Crippen molar-refractivity contribution in [2.75, 3.05) is 7.11 Å². The SMILES string of the molecule is COC(=O)[C@@]1(NC(=O)C(C)C)CC1/C=C\C(C)C. The normalized spacial score (nSPS) is 26.7. The number of ether oxygens (including phenoxy) is 1. The zero-order chi connectivity index (χ0) is 13.9. The molecule has 0 radical (unpaired) electrons. The Morgan fingerprint density at radius 3 is 2.39 bits per heavy atom. The maximum absolute atomic E-state index is 11.8. The highest BCUT2D eigenvalue weighted by Gasteiger charge is 2.61. The van der Waals surface area contributed by atoms with Crippen molar-refractivity contribution in [3.63, 3.8) is 0 Å². The van der Waals surface area contributed by atoms with Gasteiger partial charge in [0.2, 0.25) is 5.91 Å². The van der Waals surface area contributed by atoms with Crippen LogP contribution in [0.3, 0.4) is 0 Å². The van der Waals surface area contributed by atoms with Gasteiger partial charge in [0.15, 0.2) is 0 Å². The molecule has 1 fully saturated rings. The van der Waals surface area contributed by atoms with Crippen LogP contribution in [0.2, 0.25) is 0 Å². The van der Waals surface area contributed by atoms with Crippen LogP contribution in [0.1, 0.15) is 34.1 Å². The van der Waals surface area contributed by atoms with Gasteiger partial charge in [0.05, 0.1) is 7.11 Å². The lowest BCUT2D eigenvalue weighted by molar-refractivity contribution is -0.147. The molecule has 4 nitrogen and oxygen atoms in total. The van der Waals surface area contributed by atoms with E-state index in [0.29, 0.717) is 12.3 Å². The molecule has 4 heteroatoms. The molecule has 18 heavy (non-hydrogen) atoms. The summed E-state index contributed by atoms with van der Waals surface area (Å²) >= 11 is 0. The maximum Gasteiger partial charge on any atom is 0.332 e. The van der Waals surface area contributed by atoms with Crippen LogP contribution in [0.15, 0.2) is 12.2 Å². The molecule has 102 valence electrons. The average Bonchev–Trinajstić information content (AvgIpc) is 2.99. The molecule has 1 aliphatic rings. The molecule has 0 aromatic rings. The van der Waals surface area contributed by atoms with Gasteiger partial charge in [-0.25, -0.2) is 4.79 Å². The standard InChI is InChI=1S/C14H23NO3/c1-9(2)6-7-11-8-14(11,13(17)18-5)15-12(16)10(3)4/h6-7,9-11H,8H2,1-5H3,(H,15,16)/b7-6-/t11?,14-/m1/s1. The molecule has 0 aromatic heterocycles. The zero-order valence-corrected chi connectivity index (χ0v) is 11.8. The van der Waals surface area contributed by atoms with Crippen molar-refractivity contribution in [1.82, 2.24) is 5.32 Å². The quantitative estimate of drug-likeness (QED) is 0.601. The second-order valence-electron chi connectivity index (χ2n) is 5.55. The molecule has 1 saturated carbocycles. The number of allylic oxidation sites excluding steroid dienone is 1. The molecule has 0 bridgehead atoms. The first kappa shape index (κ1) is 14.7. The fraction of sp³-hybridized carbons (Fsp3) is 0.714. The Bertz CT molecular complexity index is 360. The Balaban J connectivity index is 2.76. The molecular weight excluding hydrogens is 230 g/mol. The summed E-state index contributed by atoms with van der Waals surface area (Å²) in [6, 6.07) is 0. The number of carbonyl (C=O) groups excluding carboxylic acids is 2. The van der Waals surface area contributed by atoms with Crippen LogP contribution in [0.5, 0.6) is 0 Å². The number of amides is 1. The largest absolute Gasteiger partial charge is 0.467 e. The Kier molecular flexibility index (Phi) is 4.54. The monoisotopic (exact) mass is 253 g/mol. The third kappa shape index (κ3) is 3.12. The van der Waals surface area contributed by atoms with E-state index in [-0.39, 0.29) is 23.7 Å². The lowest BCUT2D eigenvalue weighted by Crippen LogP contribution is -2.47. The number of hydrogen-bond acceptors (Lipinski definition) is 3. The number of nitrogens with one attached hydrogen (secondary N) is 1. The molecule has 1 unspecified atom stereocenters. The minimum atomic E-state index is -0.832. The van der Waals surface area contributed by atoms with Gasteiger partial charge in [0.25, 0.3) is 0 Å². The highest BCUT2D eigenvalue weighted by Crippen LogP contribution is 2.45. The lowest BCUT2D eigenvalue weighted by atomic mass is 10.1. The molecule has 0 spiro atoms. The van der Waals surface area contributed by atoms with Gasteiger partial charge < -0.3 is 10.1 Å². The number of hydrogen-bond donors (Lipinski definition) is 1. The van der Waals surface area contributed by atoms with Gasteiger partial charge in [-0.1, -0.05) is 39.8 Å². The molecule has 0 aromatic carbocycles. The van der Waals surface area contributed by atoms with Crippen molar-refractivity contribution in [2.45, 2.75) is 39.7 Å². The fourth-order valence-corrected chi connectivity index (χ4v) is 1.85. The van der Waals surface area contributed by atoms with E-state index in [1.807, 2.05) is 19.9 Å². The molecule has 0 heterocycles. The van der Waals surface area contributed by atoms with E-state index in [2.05, 4.69) is 25.2 Å². The van der Waals surface area contributed by atoms with E-state index in [1.165, 1.54) is 7.11 Å². The second-order valence-corrected chi connectivity index (χ2v) is 5.55. The fourth-order valence-electron chi connectivity index (χ4n) is 1.85. The van der Waals surface area contributed by atoms with Gasteiger partial charge >= 0.3 is 5.97 Å². The molecular formula is C14H23NO3. The summed E-state index contributed by atoms with van der Waals surface area (Å²) in [5.74, 6) is -0.116. The van der Waals surface area contributed by atoms with E-state index < -0.39 is 5.54 Å². The molecule has 0 saturated heterocycles. The Hall–Kier alpha value is -1.32. The Morgan fingerprint density at radius 2 is 1.94 bits per heavy atom. The van der Waals surface area contributed by atoms with E-state index in [4.69, 9.17) is 4.74 Å². The minimum Gasteiger partial charge on any atom is -0.467 e. The van der Waals surface area contributed by atoms with Crippen LogP contribution in [0, 0.1) is 17.8 Å². The van der Waals surface area contributed by atoms with E-state index >= 15 is 0 Å². The van der Waals surface area contributed by atoms with E-state index in [9.17, 15) is 9.59 Å². The molecule has 0 aliphatic heterocycles. The van der Waals surface area contributed by atoms with Crippen LogP contribution >= 0.6 is 0 Å². The minimum absolute atomic E-state index is 0.0510. The van der Waals surface area contributed by atoms with Crippen LogP contribution < -0.4 is 5.32 Å². The first-order valence-corrected chi connectivity index (χ1v) is 6.42. The third-order valence-electron chi connectivity index (χ3n) is 3.16. The summed E-state index contributed by atoms with van der Waals surface area (Å²) in [6.45, 7) is 7.76. The molecule has 1 N–H and O–H groups in total. The predicted octanol–water partition coefficient (Wildman–Crippen LogP) is 1.90.